The fourth-order valence-corrected chi connectivity index (χ4v) is 3.73. The number of thiophene rings is 2. The van der Waals surface area contributed by atoms with Crippen LogP contribution < -0.4 is 5.32 Å². The van der Waals surface area contributed by atoms with Crippen molar-refractivity contribution >= 4 is 44.5 Å². The van der Waals surface area contributed by atoms with Crippen molar-refractivity contribution in [2.24, 2.45) is 0 Å². The van der Waals surface area contributed by atoms with Crippen LogP contribution in [0.15, 0.2) is 22.0 Å². The van der Waals surface area contributed by atoms with Gasteiger partial charge in [0.2, 0.25) is 0 Å². The summed E-state index contributed by atoms with van der Waals surface area (Å²) >= 11 is 6.58. The van der Waals surface area contributed by atoms with Crippen LogP contribution in [0.25, 0.3) is 0 Å². The Labute approximate surface area is 117 Å². The third-order valence-electron chi connectivity index (χ3n) is 2.43. The van der Waals surface area contributed by atoms with Gasteiger partial charge < -0.3 is 5.32 Å². The van der Waals surface area contributed by atoms with Crippen LogP contribution in [0.5, 0.6) is 0 Å². The molecule has 0 aromatic carbocycles. The zero-order valence-electron chi connectivity index (χ0n) is 9.54. The lowest BCUT2D eigenvalue weighted by molar-refractivity contribution is 0.0955. The van der Waals surface area contributed by atoms with Gasteiger partial charge in [-0.05, 0) is 47.5 Å². The molecule has 17 heavy (non-hydrogen) atoms. The van der Waals surface area contributed by atoms with E-state index in [9.17, 15) is 4.79 Å². The van der Waals surface area contributed by atoms with Crippen molar-refractivity contribution in [1.82, 2.24) is 5.32 Å². The highest BCUT2D eigenvalue weighted by molar-refractivity contribution is 9.10. The van der Waals surface area contributed by atoms with Crippen LogP contribution in [-0.2, 0) is 6.54 Å². The van der Waals surface area contributed by atoms with Crippen molar-refractivity contribution in [2.45, 2.75) is 20.4 Å². The molecule has 1 N–H and O–H groups in total. The highest BCUT2D eigenvalue weighted by atomic mass is 79.9. The number of carbonyl (C=O) groups excluding carboxylic acids is 1. The van der Waals surface area contributed by atoms with Crippen LogP contribution >= 0.6 is 38.6 Å². The second kappa shape index (κ2) is 5.33. The maximum atomic E-state index is 11.9. The molecule has 2 rings (SSSR count). The van der Waals surface area contributed by atoms with Crippen molar-refractivity contribution in [3.8, 4) is 0 Å². The summed E-state index contributed by atoms with van der Waals surface area (Å²) < 4.78 is 1.06. The molecule has 0 spiro atoms. The minimum Gasteiger partial charge on any atom is -0.346 e. The Kier molecular flexibility index (Phi) is 4.01. The van der Waals surface area contributed by atoms with E-state index >= 15 is 0 Å². The molecule has 2 aromatic rings. The summed E-state index contributed by atoms with van der Waals surface area (Å²) in [6.07, 6.45) is 0. The molecule has 2 aromatic heterocycles. The average molecular weight is 330 g/mol. The SMILES string of the molecule is Cc1cc(C(=O)NCc2cc(Br)cs2)sc1C. The quantitative estimate of drug-likeness (QED) is 0.901. The highest BCUT2D eigenvalue weighted by Crippen LogP contribution is 2.22. The molecule has 0 unspecified atom stereocenters. The lowest BCUT2D eigenvalue weighted by Gasteiger charge is -2.00. The minimum atomic E-state index is 0.00993. The maximum absolute atomic E-state index is 11.9. The van der Waals surface area contributed by atoms with E-state index in [4.69, 9.17) is 0 Å². The van der Waals surface area contributed by atoms with Crippen LogP contribution in [0, 0.1) is 13.8 Å². The Morgan fingerprint density at radius 2 is 2.18 bits per heavy atom. The van der Waals surface area contributed by atoms with Gasteiger partial charge in [-0.2, -0.15) is 0 Å². The van der Waals surface area contributed by atoms with Crippen LogP contribution in [0.2, 0.25) is 0 Å². The van der Waals surface area contributed by atoms with Gasteiger partial charge in [-0.15, -0.1) is 22.7 Å². The van der Waals surface area contributed by atoms with Crippen LogP contribution in [0.3, 0.4) is 0 Å². The van der Waals surface area contributed by atoms with Gasteiger partial charge in [-0.3, -0.25) is 4.79 Å². The molecule has 90 valence electrons. The molecule has 2 heterocycles. The lowest BCUT2D eigenvalue weighted by Crippen LogP contribution is -2.21. The molecule has 0 aliphatic carbocycles. The molecule has 2 nitrogen and oxygen atoms in total. The van der Waals surface area contributed by atoms with E-state index in [1.54, 1.807) is 22.7 Å². The molecule has 5 heteroatoms. The number of halogens is 1. The summed E-state index contributed by atoms with van der Waals surface area (Å²) in [6, 6.07) is 3.97. The van der Waals surface area contributed by atoms with E-state index in [1.807, 2.05) is 31.4 Å². The van der Waals surface area contributed by atoms with Gasteiger partial charge in [-0.1, -0.05) is 0 Å². The number of hydrogen-bond acceptors (Lipinski definition) is 3. The predicted molar refractivity (Wildman–Crippen MR) is 77.0 cm³/mol. The number of carbonyl (C=O) groups is 1. The molecular weight excluding hydrogens is 318 g/mol. The molecule has 0 saturated heterocycles. The van der Waals surface area contributed by atoms with Gasteiger partial charge in [-0.25, -0.2) is 0 Å². The van der Waals surface area contributed by atoms with E-state index in [0.717, 1.165) is 14.2 Å². The predicted octanol–water partition coefficient (Wildman–Crippen LogP) is 4.12. The maximum Gasteiger partial charge on any atom is 0.261 e. The third kappa shape index (κ3) is 3.18. The third-order valence-corrected chi connectivity index (χ3v) is 5.28. The van der Waals surface area contributed by atoms with Gasteiger partial charge >= 0.3 is 0 Å². The second-order valence-corrected chi connectivity index (χ2v) is 6.93. The van der Waals surface area contributed by atoms with Gasteiger partial charge in [0.25, 0.3) is 5.91 Å². The number of nitrogens with one attached hydrogen (secondary N) is 1. The summed E-state index contributed by atoms with van der Waals surface area (Å²) in [7, 11) is 0. The van der Waals surface area contributed by atoms with E-state index in [-0.39, 0.29) is 5.91 Å². The van der Waals surface area contributed by atoms with Crippen molar-refractivity contribution in [3.63, 3.8) is 0 Å². The summed E-state index contributed by atoms with van der Waals surface area (Å²) in [5, 5.41) is 4.94. The molecular formula is C12H12BrNOS2. The zero-order valence-corrected chi connectivity index (χ0v) is 12.8. The molecule has 0 saturated carbocycles. The summed E-state index contributed by atoms with van der Waals surface area (Å²) in [6.45, 7) is 4.65. The van der Waals surface area contributed by atoms with Crippen molar-refractivity contribution in [2.75, 3.05) is 0 Å². The Morgan fingerprint density at radius 1 is 1.41 bits per heavy atom. The first kappa shape index (κ1) is 12.8. The van der Waals surface area contributed by atoms with Gasteiger partial charge in [0, 0.05) is 19.6 Å². The molecule has 0 radical (unpaired) electrons. The molecule has 1 amide bonds. The van der Waals surface area contributed by atoms with Gasteiger partial charge in [0.05, 0.1) is 11.4 Å². The van der Waals surface area contributed by atoms with Crippen LogP contribution in [0.1, 0.15) is 25.0 Å². The first-order chi connectivity index (χ1) is 8.06. The molecule has 0 atom stereocenters. The lowest BCUT2D eigenvalue weighted by atomic mass is 10.3. The Morgan fingerprint density at radius 3 is 2.71 bits per heavy atom. The van der Waals surface area contributed by atoms with E-state index in [2.05, 4.69) is 21.2 Å². The number of hydrogen-bond donors (Lipinski definition) is 1. The number of amides is 1. The number of rotatable bonds is 3. The zero-order chi connectivity index (χ0) is 12.4. The average Bonchev–Trinajstić information content (AvgIpc) is 2.83. The van der Waals surface area contributed by atoms with Crippen LogP contribution in [-0.4, -0.2) is 5.91 Å². The Balaban J connectivity index is 1.98. The molecule has 0 bridgehead atoms. The van der Waals surface area contributed by atoms with Crippen molar-refractivity contribution < 1.29 is 4.79 Å². The van der Waals surface area contributed by atoms with Crippen molar-refractivity contribution in [3.05, 3.63) is 42.2 Å². The fourth-order valence-electron chi connectivity index (χ4n) is 1.39. The van der Waals surface area contributed by atoms with E-state index < -0.39 is 0 Å². The summed E-state index contributed by atoms with van der Waals surface area (Å²) in [5.41, 5.74) is 1.18. The van der Waals surface area contributed by atoms with Crippen molar-refractivity contribution in [1.29, 1.82) is 0 Å². The van der Waals surface area contributed by atoms with Crippen LogP contribution in [0.4, 0.5) is 0 Å². The largest absolute Gasteiger partial charge is 0.346 e. The highest BCUT2D eigenvalue weighted by Gasteiger charge is 2.10. The van der Waals surface area contributed by atoms with E-state index in [1.165, 1.54) is 10.4 Å². The second-order valence-electron chi connectivity index (χ2n) is 3.76. The van der Waals surface area contributed by atoms with E-state index in [0.29, 0.717) is 6.54 Å². The minimum absolute atomic E-state index is 0.00993. The Bertz CT molecular complexity index is 525. The first-order valence-corrected chi connectivity index (χ1v) is 7.63. The first-order valence-electron chi connectivity index (χ1n) is 5.14. The fraction of sp³-hybridized carbons (Fsp3) is 0.250. The molecule has 0 aliphatic rings. The number of aryl methyl sites for hydroxylation is 2. The molecule has 0 fully saturated rings. The monoisotopic (exact) mass is 329 g/mol. The summed E-state index contributed by atoms with van der Waals surface area (Å²) in [4.78, 5) is 15.0. The normalized spacial score (nSPS) is 10.5. The topological polar surface area (TPSA) is 29.1 Å². The summed E-state index contributed by atoms with van der Waals surface area (Å²) in [5.74, 6) is 0.00993. The standard InChI is InChI=1S/C12H12BrNOS2/c1-7-3-11(17-8(7)2)12(15)14-5-10-4-9(13)6-16-10/h3-4,6H,5H2,1-2H3,(H,14,15). The smallest absolute Gasteiger partial charge is 0.261 e. The van der Waals surface area contributed by atoms with Gasteiger partial charge in [0.15, 0.2) is 0 Å². The van der Waals surface area contributed by atoms with Gasteiger partial charge in [0.1, 0.15) is 0 Å². The Hall–Kier alpha value is -0.650. The molecule has 0 aliphatic heterocycles.